The van der Waals surface area contributed by atoms with Crippen molar-refractivity contribution in [3.05, 3.63) is 23.2 Å². The minimum atomic E-state index is -0.187. The summed E-state index contributed by atoms with van der Waals surface area (Å²) in [6.45, 7) is 4.38. The lowest BCUT2D eigenvalue weighted by Crippen LogP contribution is -2.37. The number of carbonyl (C=O) groups is 1. The van der Waals surface area contributed by atoms with Crippen molar-refractivity contribution in [2.75, 3.05) is 20.3 Å². The second kappa shape index (κ2) is 5.75. The number of aliphatic hydroxyl groups is 1. The molecule has 1 aliphatic rings. The maximum absolute atomic E-state index is 12.4. The van der Waals surface area contributed by atoms with Crippen LogP contribution in [0.5, 0.6) is 0 Å². The van der Waals surface area contributed by atoms with Crippen LogP contribution in [0, 0.1) is 6.92 Å². The zero-order valence-electron chi connectivity index (χ0n) is 11.7. The van der Waals surface area contributed by atoms with E-state index in [4.69, 9.17) is 9.15 Å². The van der Waals surface area contributed by atoms with E-state index >= 15 is 0 Å². The molecular weight excluding hydrogens is 246 g/mol. The topological polar surface area (TPSA) is 62.9 Å². The largest absolute Gasteiger partial charge is 0.456 e. The number of amides is 1. The molecule has 0 unspecified atom stereocenters. The van der Waals surface area contributed by atoms with Crippen LogP contribution in [-0.4, -0.2) is 48.3 Å². The van der Waals surface area contributed by atoms with Crippen LogP contribution < -0.4 is 0 Å². The van der Waals surface area contributed by atoms with Crippen molar-refractivity contribution >= 4 is 5.91 Å². The summed E-state index contributed by atoms with van der Waals surface area (Å²) in [5.74, 6) is 1.03. The lowest BCUT2D eigenvalue weighted by atomic mass is 10.2. The lowest BCUT2D eigenvalue weighted by Gasteiger charge is -2.21. The molecule has 2 atom stereocenters. The van der Waals surface area contributed by atoms with Gasteiger partial charge in [0.25, 0.3) is 5.91 Å². The fourth-order valence-corrected chi connectivity index (χ4v) is 2.58. The molecule has 2 rings (SSSR count). The number of furan rings is 1. The summed E-state index contributed by atoms with van der Waals surface area (Å²) in [5.41, 5.74) is 0.994. The van der Waals surface area contributed by atoms with Gasteiger partial charge >= 0.3 is 0 Å². The molecule has 5 heteroatoms. The highest BCUT2D eigenvalue weighted by molar-refractivity contribution is 5.92. The number of ether oxygens (including phenoxy) is 1. The number of likely N-dealkylation sites (tertiary alicyclic amines) is 1. The minimum absolute atomic E-state index is 0.0113. The highest BCUT2D eigenvalue weighted by atomic mass is 16.5. The number of carbonyl (C=O) groups excluding carboxylic acids is 1. The van der Waals surface area contributed by atoms with Gasteiger partial charge in [0.1, 0.15) is 5.76 Å². The van der Waals surface area contributed by atoms with Crippen molar-refractivity contribution in [3.63, 3.8) is 0 Å². The van der Waals surface area contributed by atoms with Crippen LogP contribution in [0.4, 0.5) is 0 Å². The molecule has 19 heavy (non-hydrogen) atoms. The third kappa shape index (κ3) is 2.67. The minimum Gasteiger partial charge on any atom is -0.456 e. The molecule has 0 aliphatic carbocycles. The average Bonchev–Trinajstić information content (AvgIpc) is 3.00. The van der Waals surface area contributed by atoms with Crippen LogP contribution in [0.25, 0.3) is 0 Å². The van der Waals surface area contributed by atoms with Crippen molar-refractivity contribution in [2.24, 2.45) is 0 Å². The Kier molecular flexibility index (Phi) is 4.27. The molecule has 0 spiro atoms. The molecule has 1 saturated heterocycles. The molecule has 106 valence electrons. The van der Waals surface area contributed by atoms with Crippen LogP contribution in [0.2, 0.25) is 0 Å². The molecule has 2 heterocycles. The van der Waals surface area contributed by atoms with E-state index in [1.165, 1.54) is 0 Å². The summed E-state index contributed by atoms with van der Waals surface area (Å²) in [6, 6.07) is 1.59. The highest BCUT2D eigenvalue weighted by Gasteiger charge is 2.36. The number of methoxy groups -OCH3 is 1. The predicted molar refractivity (Wildman–Crippen MR) is 70.1 cm³/mol. The molecule has 0 bridgehead atoms. The number of aryl methyl sites for hydroxylation is 2. The molecule has 1 amide bonds. The summed E-state index contributed by atoms with van der Waals surface area (Å²) in [6.07, 6.45) is 1.42. The van der Waals surface area contributed by atoms with E-state index in [1.807, 2.05) is 13.8 Å². The average molecular weight is 267 g/mol. The van der Waals surface area contributed by atoms with Gasteiger partial charge in [0, 0.05) is 20.1 Å². The molecule has 5 nitrogen and oxygen atoms in total. The Hall–Kier alpha value is -1.33. The molecule has 1 N–H and O–H groups in total. The number of rotatable bonds is 4. The molecule has 1 aliphatic heterocycles. The molecule has 0 radical (unpaired) electrons. The van der Waals surface area contributed by atoms with Crippen LogP contribution in [0.1, 0.15) is 35.2 Å². The number of hydrogen-bond acceptors (Lipinski definition) is 4. The molecular formula is C14H21NO4. The van der Waals surface area contributed by atoms with Crippen molar-refractivity contribution in [1.82, 2.24) is 4.90 Å². The maximum atomic E-state index is 12.4. The van der Waals surface area contributed by atoms with Gasteiger partial charge in [-0.25, -0.2) is 0 Å². The van der Waals surface area contributed by atoms with Crippen LogP contribution in [0.3, 0.4) is 0 Å². The summed E-state index contributed by atoms with van der Waals surface area (Å²) in [7, 11) is 1.62. The monoisotopic (exact) mass is 267 g/mol. The standard InChI is InChI=1S/C14H21NO4/c1-4-12-9(2)5-13(19-12)14(17)15-7-11(18-3)6-10(15)8-16/h5,10-11,16H,4,6-8H2,1-3H3/t10-,11-/m0/s1. The number of nitrogens with zero attached hydrogens (tertiary/aromatic N) is 1. The van der Waals surface area contributed by atoms with Crippen LogP contribution >= 0.6 is 0 Å². The number of hydrogen-bond donors (Lipinski definition) is 1. The first-order valence-electron chi connectivity index (χ1n) is 6.64. The Labute approximate surface area is 113 Å². The molecule has 1 fully saturated rings. The van der Waals surface area contributed by atoms with E-state index in [0.29, 0.717) is 18.7 Å². The second-order valence-corrected chi connectivity index (χ2v) is 4.96. The molecule has 0 saturated carbocycles. The van der Waals surface area contributed by atoms with Gasteiger partial charge in [-0.3, -0.25) is 4.79 Å². The normalized spacial score (nSPS) is 23.1. The summed E-state index contributed by atoms with van der Waals surface area (Å²) < 4.78 is 10.9. The zero-order chi connectivity index (χ0) is 14.0. The van der Waals surface area contributed by atoms with E-state index in [2.05, 4.69) is 0 Å². The first kappa shape index (κ1) is 14.1. The number of aliphatic hydroxyl groups excluding tert-OH is 1. The fraction of sp³-hybridized carbons (Fsp3) is 0.643. The maximum Gasteiger partial charge on any atom is 0.289 e. The van der Waals surface area contributed by atoms with Crippen molar-refractivity contribution in [1.29, 1.82) is 0 Å². The van der Waals surface area contributed by atoms with Gasteiger partial charge < -0.3 is 19.2 Å². The van der Waals surface area contributed by atoms with E-state index in [-0.39, 0.29) is 24.7 Å². The van der Waals surface area contributed by atoms with Gasteiger partial charge in [0.2, 0.25) is 0 Å². The van der Waals surface area contributed by atoms with E-state index in [0.717, 1.165) is 17.7 Å². The Bertz CT molecular complexity index is 454. The van der Waals surface area contributed by atoms with Crippen molar-refractivity contribution in [2.45, 2.75) is 38.8 Å². The van der Waals surface area contributed by atoms with Crippen molar-refractivity contribution < 1.29 is 19.1 Å². The Morgan fingerprint density at radius 3 is 2.89 bits per heavy atom. The van der Waals surface area contributed by atoms with Gasteiger partial charge in [0.15, 0.2) is 5.76 Å². The van der Waals surface area contributed by atoms with E-state index in [9.17, 15) is 9.90 Å². The summed E-state index contributed by atoms with van der Waals surface area (Å²) >= 11 is 0. The highest BCUT2D eigenvalue weighted by Crippen LogP contribution is 2.24. The Balaban J connectivity index is 2.18. The zero-order valence-corrected chi connectivity index (χ0v) is 11.7. The van der Waals surface area contributed by atoms with E-state index < -0.39 is 0 Å². The molecule has 0 aromatic carbocycles. The van der Waals surface area contributed by atoms with Gasteiger partial charge in [-0.15, -0.1) is 0 Å². The SMILES string of the molecule is CCc1oc(C(=O)N2C[C@@H](OC)C[C@H]2CO)cc1C. The third-order valence-electron chi connectivity index (χ3n) is 3.73. The van der Waals surface area contributed by atoms with E-state index in [1.54, 1.807) is 18.1 Å². The smallest absolute Gasteiger partial charge is 0.289 e. The van der Waals surface area contributed by atoms with Crippen LogP contribution in [-0.2, 0) is 11.2 Å². The van der Waals surface area contributed by atoms with Gasteiger partial charge in [-0.1, -0.05) is 6.92 Å². The summed E-state index contributed by atoms with van der Waals surface area (Å²) in [4.78, 5) is 14.1. The fourth-order valence-electron chi connectivity index (χ4n) is 2.58. The van der Waals surface area contributed by atoms with Crippen LogP contribution in [0.15, 0.2) is 10.5 Å². The molecule has 1 aromatic rings. The predicted octanol–water partition coefficient (Wildman–Crippen LogP) is 1.37. The first-order valence-corrected chi connectivity index (χ1v) is 6.64. The summed E-state index contributed by atoms with van der Waals surface area (Å²) in [5, 5.41) is 9.37. The van der Waals surface area contributed by atoms with Gasteiger partial charge in [-0.2, -0.15) is 0 Å². The second-order valence-electron chi connectivity index (χ2n) is 4.96. The quantitative estimate of drug-likeness (QED) is 0.895. The Morgan fingerprint density at radius 1 is 1.63 bits per heavy atom. The van der Waals surface area contributed by atoms with Gasteiger partial charge in [0.05, 0.1) is 18.8 Å². The third-order valence-corrected chi connectivity index (χ3v) is 3.73. The first-order chi connectivity index (χ1) is 9.10. The lowest BCUT2D eigenvalue weighted by molar-refractivity contribution is 0.0615. The Morgan fingerprint density at radius 2 is 2.37 bits per heavy atom. The van der Waals surface area contributed by atoms with Crippen molar-refractivity contribution in [3.8, 4) is 0 Å². The van der Waals surface area contributed by atoms with Gasteiger partial charge in [-0.05, 0) is 25.0 Å². The molecule has 1 aromatic heterocycles.